The van der Waals surface area contributed by atoms with E-state index in [-0.39, 0.29) is 29.8 Å². The molecule has 0 atom stereocenters. The molecule has 0 spiro atoms. The largest absolute Gasteiger partial charge is 0.495 e. The van der Waals surface area contributed by atoms with Gasteiger partial charge in [-0.25, -0.2) is 22.9 Å². The van der Waals surface area contributed by atoms with Crippen LogP contribution in [0, 0.1) is 0 Å². The number of primary sulfonamides is 1. The zero-order valence-corrected chi connectivity index (χ0v) is 21.2. The third-order valence-corrected chi connectivity index (χ3v) is 7.33. The van der Waals surface area contributed by atoms with Gasteiger partial charge in [-0.3, -0.25) is 0 Å². The Morgan fingerprint density at radius 2 is 1.92 bits per heavy atom. The number of alkyl halides is 1. The molecular formula is C26H32FN3O5S. The number of sulfonamides is 1. The lowest BCUT2D eigenvalue weighted by Gasteiger charge is -2.30. The van der Waals surface area contributed by atoms with E-state index < -0.39 is 16.7 Å². The van der Waals surface area contributed by atoms with Gasteiger partial charge in [0.1, 0.15) is 23.0 Å². The Labute approximate surface area is 211 Å². The Bertz CT molecular complexity index is 1240. The molecule has 1 saturated heterocycles. The highest BCUT2D eigenvalue weighted by atomic mass is 32.2. The molecule has 0 unspecified atom stereocenters. The molecule has 194 valence electrons. The second-order valence-corrected chi connectivity index (χ2v) is 10.4. The maximum atomic E-state index is 12.5. The van der Waals surface area contributed by atoms with Crippen molar-refractivity contribution in [3.05, 3.63) is 65.7 Å². The van der Waals surface area contributed by atoms with Crippen LogP contribution in [0.1, 0.15) is 35.9 Å². The molecular weight excluding hydrogens is 485 g/mol. The number of nitrogens with two attached hydrogens (primary N) is 1. The summed E-state index contributed by atoms with van der Waals surface area (Å²) in [4.78, 5) is 7.09. The van der Waals surface area contributed by atoms with Crippen LogP contribution in [0.4, 0.5) is 4.39 Å². The Hall–Kier alpha value is -2.79. The van der Waals surface area contributed by atoms with Gasteiger partial charge in [-0.05, 0) is 50.0 Å². The molecule has 4 rings (SSSR count). The predicted molar refractivity (Wildman–Crippen MR) is 134 cm³/mol. The Kier molecular flexibility index (Phi) is 8.73. The number of piperidine rings is 1. The first-order valence-corrected chi connectivity index (χ1v) is 13.5. The van der Waals surface area contributed by atoms with Gasteiger partial charge in [-0.2, -0.15) is 0 Å². The molecule has 1 aliphatic rings. The SMILES string of the molecule is COc1ccc(CCN2CCC(c3nc(COCCF)c(-c4ccccc4)o3)CC2)cc1S(N)(=O)=O. The summed E-state index contributed by atoms with van der Waals surface area (Å²) >= 11 is 0. The predicted octanol–water partition coefficient (Wildman–Crippen LogP) is 3.91. The second kappa shape index (κ2) is 12.0. The van der Waals surface area contributed by atoms with Crippen molar-refractivity contribution in [3.63, 3.8) is 0 Å². The minimum absolute atomic E-state index is 0.00520. The first-order chi connectivity index (χ1) is 17.4. The number of benzene rings is 2. The van der Waals surface area contributed by atoms with Crippen LogP contribution < -0.4 is 9.88 Å². The summed E-state index contributed by atoms with van der Waals surface area (Å²) < 4.78 is 53.0. The summed E-state index contributed by atoms with van der Waals surface area (Å²) in [5.74, 6) is 1.81. The van der Waals surface area contributed by atoms with Crippen LogP contribution in [0.2, 0.25) is 0 Å². The zero-order chi connectivity index (χ0) is 25.5. The van der Waals surface area contributed by atoms with E-state index in [1.165, 1.54) is 7.11 Å². The van der Waals surface area contributed by atoms with Crippen LogP contribution in [0.25, 0.3) is 11.3 Å². The number of nitrogens with zero attached hydrogens (tertiary/aromatic N) is 2. The molecule has 36 heavy (non-hydrogen) atoms. The highest BCUT2D eigenvalue weighted by Gasteiger charge is 2.27. The maximum Gasteiger partial charge on any atom is 0.241 e. The number of methoxy groups -OCH3 is 1. The van der Waals surface area contributed by atoms with Crippen LogP contribution in [0.5, 0.6) is 5.75 Å². The van der Waals surface area contributed by atoms with Crippen molar-refractivity contribution >= 4 is 10.0 Å². The van der Waals surface area contributed by atoms with Crippen molar-refractivity contribution in [1.82, 2.24) is 9.88 Å². The van der Waals surface area contributed by atoms with E-state index in [1.807, 2.05) is 36.4 Å². The third kappa shape index (κ3) is 6.50. The molecule has 0 aliphatic carbocycles. The molecule has 3 aromatic rings. The van der Waals surface area contributed by atoms with Crippen molar-refractivity contribution in [2.45, 2.75) is 36.7 Å². The average Bonchev–Trinajstić information content (AvgIpc) is 3.32. The first-order valence-electron chi connectivity index (χ1n) is 12.0. The van der Waals surface area contributed by atoms with E-state index in [4.69, 9.17) is 24.0 Å². The lowest BCUT2D eigenvalue weighted by molar-refractivity contribution is 0.104. The molecule has 0 amide bonds. The van der Waals surface area contributed by atoms with E-state index in [0.29, 0.717) is 23.8 Å². The number of hydrogen-bond donors (Lipinski definition) is 1. The van der Waals surface area contributed by atoms with E-state index in [9.17, 15) is 12.8 Å². The minimum atomic E-state index is -3.86. The van der Waals surface area contributed by atoms with E-state index in [0.717, 1.165) is 43.6 Å². The van der Waals surface area contributed by atoms with Gasteiger partial charge in [-0.1, -0.05) is 36.4 Å². The summed E-state index contributed by atoms with van der Waals surface area (Å²) in [6, 6.07) is 14.8. The summed E-state index contributed by atoms with van der Waals surface area (Å²) in [5.41, 5.74) is 2.50. The van der Waals surface area contributed by atoms with Gasteiger partial charge in [0.2, 0.25) is 10.0 Å². The molecule has 2 aromatic carbocycles. The smallest absolute Gasteiger partial charge is 0.241 e. The lowest BCUT2D eigenvalue weighted by atomic mass is 9.96. The van der Waals surface area contributed by atoms with Gasteiger partial charge in [0, 0.05) is 18.0 Å². The van der Waals surface area contributed by atoms with E-state index in [2.05, 4.69) is 4.90 Å². The lowest BCUT2D eigenvalue weighted by Crippen LogP contribution is -2.34. The Balaban J connectivity index is 1.38. The molecule has 2 N–H and O–H groups in total. The van der Waals surface area contributed by atoms with Crippen LogP contribution in [0.15, 0.2) is 57.8 Å². The fourth-order valence-corrected chi connectivity index (χ4v) is 5.22. The second-order valence-electron chi connectivity index (χ2n) is 8.83. The number of oxazole rings is 1. The maximum absolute atomic E-state index is 12.5. The van der Waals surface area contributed by atoms with E-state index in [1.54, 1.807) is 12.1 Å². The van der Waals surface area contributed by atoms with Crippen molar-refractivity contribution in [3.8, 4) is 17.1 Å². The number of hydrogen-bond acceptors (Lipinski definition) is 7. The van der Waals surface area contributed by atoms with Gasteiger partial charge in [0.25, 0.3) is 0 Å². The molecule has 10 heteroatoms. The summed E-state index contributed by atoms with van der Waals surface area (Å²) in [5, 5.41) is 5.34. The topological polar surface area (TPSA) is 108 Å². The Morgan fingerprint density at radius 1 is 1.17 bits per heavy atom. The van der Waals surface area contributed by atoms with E-state index >= 15 is 0 Å². The highest BCUT2D eigenvalue weighted by molar-refractivity contribution is 7.89. The molecule has 1 aromatic heterocycles. The molecule has 2 heterocycles. The van der Waals surface area contributed by atoms with Crippen LogP contribution >= 0.6 is 0 Å². The summed E-state index contributed by atoms with van der Waals surface area (Å²) in [6.07, 6.45) is 2.49. The normalized spacial score (nSPS) is 15.3. The molecule has 8 nitrogen and oxygen atoms in total. The third-order valence-electron chi connectivity index (χ3n) is 6.40. The van der Waals surface area contributed by atoms with Crippen molar-refractivity contribution in [1.29, 1.82) is 0 Å². The van der Waals surface area contributed by atoms with Gasteiger partial charge >= 0.3 is 0 Å². The van der Waals surface area contributed by atoms with Crippen LogP contribution in [-0.4, -0.2) is 58.3 Å². The van der Waals surface area contributed by atoms with Crippen molar-refractivity contribution < 1.29 is 26.7 Å². The monoisotopic (exact) mass is 517 g/mol. The van der Waals surface area contributed by atoms with Crippen molar-refractivity contribution in [2.24, 2.45) is 5.14 Å². The van der Waals surface area contributed by atoms with Gasteiger partial charge in [0.15, 0.2) is 11.7 Å². The number of aromatic nitrogens is 1. The molecule has 0 radical (unpaired) electrons. The molecule has 1 fully saturated rings. The van der Waals surface area contributed by atoms with Gasteiger partial charge in [-0.15, -0.1) is 0 Å². The molecule has 0 bridgehead atoms. The number of halogens is 1. The fourth-order valence-electron chi connectivity index (χ4n) is 4.47. The van der Waals surface area contributed by atoms with Crippen molar-refractivity contribution in [2.75, 3.05) is 40.0 Å². The van der Waals surface area contributed by atoms with Gasteiger partial charge < -0.3 is 18.8 Å². The zero-order valence-electron chi connectivity index (χ0n) is 20.4. The average molecular weight is 518 g/mol. The number of rotatable bonds is 11. The Morgan fingerprint density at radius 3 is 2.58 bits per heavy atom. The molecule has 0 saturated carbocycles. The van der Waals surface area contributed by atoms with Gasteiger partial charge in [0.05, 0.1) is 20.3 Å². The summed E-state index contributed by atoms with van der Waals surface area (Å²) in [7, 11) is -2.44. The highest BCUT2D eigenvalue weighted by Crippen LogP contribution is 2.33. The minimum Gasteiger partial charge on any atom is -0.495 e. The summed E-state index contributed by atoms with van der Waals surface area (Å²) in [6.45, 7) is 2.25. The fraction of sp³-hybridized carbons (Fsp3) is 0.423. The van der Waals surface area contributed by atoms with Crippen LogP contribution in [-0.2, 0) is 27.8 Å². The first kappa shape index (κ1) is 26.3. The molecule has 1 aliphatic heterocycles. The standard InChI is InChI=1S/C26H32FN3O5S/c1-33-23-8-7-19(17-24(23)36(28,31)32)9-13-30-14-10-21(11-15-30)26-29-22(18-34-16-12-27)25(35-26)20-5-3-2-4-6-20/h2-8,17,21H,9-16,18H2,1H3,(H2,28,31,32). The number of likely N-dealkylation sites (tertiary alicyclic amines) is 1. The van der Waals surface area contributed by atoms with Crippen LogP contribution in [0.3, 0.4) is 0 Å². The quantitative estimate of drug-likeness (QED) is 0.384. The number of ether oxygens (including phenoxy) is 2.